The van der Waals surface area contributed by atoms with Crippen molar-refractivity contribution >= 4 is 15.9 Å². The number of hydrogen-bond donors (Lipinski definition) is 2. The molecule has 0 fully saturated rings. The average Bonchev–Trinajstić information content (AvgIpc) is 2.83. The zero-order chi connectivity index (χ0) is 22.1. The van der Waals surface area contributed by atoms with Gasteiger partial charge in [0, 0.05) is 31.3 Å². The molecular weight excluding hydrogens is 420 g/mol. The smallest absolute Gasteiger partial charge is 0.240 e. The Morgan fingerprint density at radius 1 is 0.812 bits per heavy atom. The lowest BCUT2D eigenvalue weighted by Gasteiger charge is -2.45. The van der Waals surface area contributed by atoms with Crippen LogP contribution in [0.1, 0.15) is 46.9 Å². The van der Waals surface area contributed by atoms with Gasteiger partial charge in [-0.3, -0.25) is 4.79 Å². The molecule has 5 nitrogen and oxygen atoms in total. The number of carbonyl (C=O) groups is 1. The van der Waals surface area contributed by atoms with Crippen LogP contribution >= 0.6 is 0 Å². The van der Waals surface area contributed by atoms with E-state index in [1.54, 1.807) is 18.2 Å². The highest BCUT2D eigenvalue weighted by Crippen LogP contribution is 2.55. The van der Waals surface area contributed by atoms with E-state index in [0.717, 1.165) is 6.42 Å². The van der Waals surface area contributed by atoms with Gasteiger partial charge in [0.1, 0.15) is 0 Å². The summed E-state index contributed by atoms with van der Waals surface area (Å²) >= 11 is 0. The van der Waals surface area contributed by atoms with E-state index in [-0.39, 0.29) is 29.7 Å². The van der Waals surface area contributed by atoms with Crippen molar-refractivity contribution in [3.8, 4) is 0 Å². The van der Waals surface area contributed by atoms with E-state index in [9.17, 15) is 13.2 Å². The van der Waals surface area contributed by atoms with Gasteiger partial charge in [0.15, 0.2) is 0 Å². The van der Waals surface area contributed by atoms with Crippen molar-refractivity contribution in [1.29, 1.82) is 0 Å². The van der Waals surface area contributed by atoms with Gasteiger partial charge in [-0.1, -0.05) is 66.7 Å². The molecule has 6 rings (SSSR count). The lowest BCUT2D eigenvalue weighted by atomic mass is 9.59. The number of rotatable bonds is 7. The molecule has 1 atom stereocenters. The minimum Gasteiger partial charge on any atom is -0.356 e. The summed E-state index contributed by atoms with van der Waals surface area (Å²) in [6, 6.07) is 25.5. The Bertz CT molecular complexity index is 1190. The van der Waals surface area contributed by atoms with Crippen LogP contribution in [0.3, 0.4) is 0 Å². The Morgan fingerprint density at radius 3 is 2.00 bits per heavy atom. The molecule has 3 aliphatic carbocycles. The molecule has 0 aliphatic heterocycles. The van der Waals surface area contributed by atoms with Gasteiger partial charge in [-0.25, -0.2) is 13.1 Å². The van der Waals surface area contributed by atoms with E-state index in [1.165, 1.54) is 34.4 Å². The highest BCUT2D eigenvalue weighted by atomic mass is 32.2. The van der Waals surface area contributed by atoms with E-state index >= 15 is 0 Å². The van der Waals surface area contributed by atoms with Crippen LogP contribution in [0.15, 0.2) is 83.8 Å². The molecular formula is C26H26N2O3S. The molecule has 0 aromatic heterocycles. The quantitative estimate of drug-likeness (QED) is 0.580. The Balaban J connectivity index is 1.21. The van der Waals surface area contributed by atoms with Crippen molar-refractivity contribution in [2.24, 2.45) is 5.92 Å². The van der Waals surface area contributed by atoms with E-state index in [0.29, 0.717) is 18.4 Å². The number of sulfonamides is 1. The fourth-order valence-corrected chi connectivity index (χ4v) is 6.33. The van der Waals surface area contributed by atoms with Crippen LogP contribution in [-0.2, 0) is 14.8 Å². The van der Waals surface area contributed by atoms with Gasteiger partial charge in [-0.05, 0) is 46.7 Å². The maximum atomic E-state index is 12.5. The van der Waals surface area contributed by atoms with Crippen LogP contribution in [-0.4, -0.2) is 27.4 Å². The number of carbonyl (C=O) groups excluding carboxylic acids is 1. The van der Waals surface area contributed by atoms with Crippen LogP contribution in [0.5, 0.6) is 0 Å². The maximum absolute atomic E-state index is 12.5. The first-order chi connectivity index (χ1) is 15.5. The highest BCUT2D eigenvalue weighted by Gasteiger charge is 2.42. The minimum absolute atomic E-state index is 0.0748. The van der Waals surface area contributed by atoms with Crippen molar-refractivity contribution in [2.75, 3.05) is 13.1 Å². The van der Waals surface area contributed by atoms with Crippen LogP contribution in [0.2, 0.25) is 0 Å². The second-order valence-corrected chi connectivity index (χ2v) is 10.3. The molecule has 164 valence electrons. The summed E-state index contributed by atoms with van der Waals surface area (Å²) in [4.78, 5) is 12.7. The summed E-state index contributed by atoms with van der Waals surface area (Å²) in [5.41, 5.74) is 5.57. The molecule has 6 heteroatoms. The maximum Gasteiger partial charge on any atom is 0.240 e. The van der Waals surface area contributed by atoms with Crippen molar-refractivity contribution in [3.63, 3.8) is 0 Å². The van der Waals surface area contributed by atoms with Crippen LogP contribution in [0.25, 0.3) is 0 Å². The van der Waals surface area contributed by atoms with E-state index < -0.39 is 10.0 Å². The first-order valence-corrected chi connectivity index (χ1v) is 12.5. The zero-order valence-electron chi connectivity index (χ0n) is 17.7. The molecule has 1 unspecified atom stereocenters. The summed E-state index contributed by atoms with van der Waals surface area (Å²) in [6.07, 6.45) is 1.12. The van der Waals surface area contributed by atoms with E-state index in [1.807, 2.05) is 0 Å². The second-order valence-electron chi connectivity index (χ2n) is 8.55. The molecule has 3 aromatic rings. The van der Waals surface area contributed by atoms with E-state index in [4.69, 9.17) is 0 Å². The Labute approximate surface area is 188 Å². The summed E-state index contributed by atoms with van der Waals surface area (Å²) < 4.78 is 27.1. The topological polar surface area (TPSA) is 75.3 Å². The number of fused-ring (bicyclic) bond motifs is 1. The molecule has 0 heterocycles. The SMILES string of the molecule is O=C(CCNS(=O)(=O)c1ccccc1)NCC1CC2c3ccccc3C1c1ccccc12. The molecule has 32 heavy (non-hydrogen) atoms. The number of amides is 1. The lowest BCUT2D eigenvalue weighted by molar-refractivity contribution is -0.121. The predicted octanol–water partition coefficient (Wildman–Crippen LogP) is 3.77. The Kier molecular flexibility index (Phi) is 5.57. The number of hydrogen-bond acceptors (Lipinski definition) is 3. The zero-order valence-corrected chi connectivity index (χ0v) is 18.5. The van der Waals surface area contributed by atoms with Crippen LogP contribution in [0, 0.1) is 5.92 Å². The van der Waals surface area contributed by atoms with Gasteiger partial charge in [0.2, 0.25) is 15.9 Å². The fraction of sp³-hybridized carbons (Fsp3) is 0.269. The van der Waals surface area contributed by atoms with Gasteiger partial charge < -0.3 is 5.32 Å². The molecule has 3 aromatic carbocycles. The normalized spacial score (nSPS) is 20.9. The Hall–Kier alpha value is -2.96. The Morgan fingerprint density at radius 2 is 1.38 bits per heavy atom. The predicted molar refractivity (Wildman–Crippen MR) is 124 cm³/mol. The molecule has 0 saturated carbocycles. The lowest BCUT2D eigenvalue weighted by Crippen LogP contribution is -2.40. The summed E-state index contributed by atoms with van der Waals surface area (Å²) in [7, 11) is -3.60. The summed E-state index contributed by atoms with van der Waals surface area (Å²) in [6.45, 7) is 0.666. The summed E-state index contributed by atoms with van der Waals surface area (Å²) in [5.74, 6) is 0.842. The van der Waals surface area contributed by atoms with E-state index in [2.05, 4.69) is 58.6 Å². The van der Waals surface area contributed by atoms with Crippen LogP contribution in [0.4, 0.5) is 0 Å². The largest absolute Gasteiger partial charge is 0.356 e. The van der Waals surface area contributed by atoms with Crippen molar-refractivity contribution in [2.45, 2.75) is 29.6 Å². The van der Waals surface area contributed by atoms with Gasteiger partial charge in [0.05, 0.1) is 4.90 Å². The molecule has 2 bridgehead atoms. The average molecular weight is 447 g/mol. The molecule has 1 amide bonds. The van der Waals surface area contributed by atoms with Gasteiger partial charge in [0.25, 0.3) is 0 Å². The fourth-order valence-electron chi connectivity index (χ4n) is 5.28. The second kappa shape index (κ2) is 8.52. The first kappa shape index (κ1) is 20.9. The van der Waals surface area contributed by atoms with Crippen molar-refractivity contribution in [3.05, 3.63) is 101 Å². The van der Waals surface area contributed by atoms with Crippen LogP contribution < -0.4 is 10.0 Å². The molecule has 0 saturated heterocycles. The third kappa shape index (κ3) is 3.85. The monoisotopic (exact) mass is 446 g/mol. The van der Waals surface area contributed by atoms with Crippen molar-refractivity contribution < 1.29 is 13.2 Å². The molecule has 2 N–H and O–H groups in total. The van der Waals surface area contributed by atoms with Gasteiger partial charge in [-0.15, -0.1) is 0 Å². The highest BCUT2D eigenvalue weighted by molar-refractivity contribution is 7.89. The molecule has 3 aliphatic rings. The first-order valence-electron chi connectivity index (χ1n) is 11.0. The third-order valence-electron chi connectivity index (χ3n) is 6.68. The standard InChI is InChI=1S/C26H26N2O3S/c29-25(14-15-28-32(30,31)19-8-2-1-3-9-19)27-17-18-16-24-20-10-4-6-12-22(20)26(18)23-13-7-5-11-21(23)24/h1-13,18,24,26,28H,14-17H2,(H,27,29). The van der Waals surface area contributed by atoms with Crippen molar-refractivity contribution in [1.82, 2.24) is 10.0 Å². The molecule has 0 spiro atoms. The van der Waals surface area contributed by atoms with Gasteiger partial charge >= 0.3 is 0 Å². The number of benzene rings is 3. The summed E-state index contributed by atoms with van der Waals surface area (Å²) in [5, 5.41) is 3.05. The number of nitrogens with one attached hydrogen (secondary N) is 2. The van der Waals surface area contributed by atoms with Gasteiger partial charge in [-0.2, -0.15) is 0 Å². The third-order valence-corrected chi connectivity index (χ3v) is 8.16. The molecule has 0 radical (unpaired) electrons. The minimum atomic E-state index is -3.60.